The van der Waals surface area contributed by atoms with Gasteiger partial charge in [0.2, 0.25) is 5.91 Å². The van der Waals surface area contributed by atoms with Gasteiger partial charge in [-0.25, -0.2) is 22.6 Å². The monoisotopic (exact) mass is 775 g/mol. The Morgan fingerprint density at radius 3 is 2.35 bits per heavy atom. The number of alkyl halides is 1. The zero-order valence-electron chi connectivity index (χ0n) is 27.7. The molecule has 1 unspecified atom stereocenters. The van der Waals surface area contributed by atoms with Crippen LogP contribution in [0.25, 0.3) is 0 Å². The first-order valence-corrected chi connectivity index (χ1v) is 18.7. The molecule has 3 amide bonds. The van der Waals surface area contributed by atoms with Crippen LogP contribution in [0.1, 0.15) is 26.3 Å². The van der Waals surface area contributed by atoms with Gasteiger partial charge in [-0.1, -0.05) is 59.6 Å². The van der Waals surface area contributed by atoms with Crippen LogP contribution in [0.5, 0.6) is 0 Å². The van der Waals surface area contributed by atoms with E-state index < -0.39 is 58.8 Å². The molecule has 276 valence electrons. The van der Waals surface area contributed by atoms with Crippen LogP contribution in [0.3, 0.4) is 0 Å². The molecule has 2 aliphatic rings. The number of hydrogen-bond donors (Lipinski definition) is 5. The number of sulfone groups is 1. The summed E-state index contributed by atoms with van der Waals surface area (Å²) in [6, 6.07) is 16.8. The second-order valence-corrected chi connectivity index (χ2v) is 15.0. The Bertz CT molecular complexity index is 1920. The maximum atomic E-state index is 13.4. The third kappa shape index (κ3) is 10.8. The molecular weight excluding hydrogens is 740 g/mol. The maximum absolute atomic E-state index is 13.4. The number of rotatable bonds is 12. The molecule has 5 N–H and O–H groups in total. The second kappa shape index (κ2) is 17.5. The molecule has 1 fully saturated rings. The summed E-state index contributed by atoms with van der Waals surface area (Å²) in [6.07, 6.45) is -1.08. The van der Waals surface area contributed by atoms with Gasteiger partial charge in [0.25, 0.3) is 11.8 Å². The first-order valence-electron chi connectivity index (χ1n) is 16.2. The molecule has 18 heteroatoms. The van der Waals surface area contributed by atoms with Crippen LogP contribution < -0.4 is 31.5 Å². The van der Waals surface area contributed by atoms with Crippen LogP contribution in [0, 0.1) is 0 Å². The lowest BCUT2D eigenvalue weighted by atomic mass is 10.1. The molecule has 2 aliphatic heterocycles. The van der Waals surface area contributed by atoms with Crippen molar-refractivity contribution in [1.29, 1.82) is 0 Å². The molecule has 0 bridgehead atoms. The zero-order chi connectivity index (χ0) is 37.3. The summed E-state index contributed by atoms with van der Waals surface area (Å²) in [6.45, 7) is -0.374. The first-order chi connectivity index (χ1) is 24.9. The lowest BCUT2D eigenvalue weighted by Gasteiger charge is -2.29. The summed E-state index contributed by atoms with van der Waals surface area (Å²) in [5.41, 5.74) is 1.84. The van der Waals surface area contributed by atoms with E-state index in [0.717, 1.165) is 0 Å². The minimum absolute atomic E-state index is 0.0185. The number of nitrogens with one attached hydrogen (secondary N) is 5. The van der Waals surface area contributed by atoms with Crippen LogP contribution in [0.15, 0.2) is 71.7 Å². The Kier molecular flexibility index (Phi) is 12.9. The summed E-state index contributed by atoms with van der Waals surface area (Å²) < 4.78 is 42.5. The van der Waals surface area contributed by atoms with E-state index in [0.29, 0.717) is 22.9 Å². The number of anilines is 2. The standard InChI is InChI=1S/C34H36Cl2FN7O7S/c35-26-14-25(44-9-11-52(49,50)12-10-44)15-27(36)30(26)32(47)43-28(33(48)51-20-21-5-2-1-3-6-21)18-38-29(45)19-39-31(46)22-7-4-8-24(13-22)42-34-40-16-23(37)17-41-34/h1-8,13-15,23,28H,9-12,16-20H2,(H,38,45)(H,39,46)(H,43,47)(H2,40,41,42)/t28-/m0/s1. The molecule has 0 aliphatic carbocycles. The number of guanidine groups is 1. The second-order valence-electron chi connectivity index (χ2n) is 11.9. The van der Waals surface area contributed by atoms with E-state index in [1.54, 1.807) is 53.4 Å². The van der Waals surface area contributed by atoms with Gasteiger partial charge < -0.3 is 36.2 Å². The number of ether oxygens (including phenoxy) is 1. The Morgan fingerprint density at radius 2 is 1.67 bits per heavy atom. The van der Waals surface area contributed by atoms with E-state index in [4.69, 9.17) is 27.9 Å². The molecule has 3 aromatic rings. The smallest absolute Gasteiger partial charge is 0.330 e. The molecular formula is C34H36Cl2FN7O7S. The van der Waals surface area contributed by atoms with Gasteiger partial charge in [0.05, 0.1) is 46.7 Å². The minimum Gasteiger partial charge on any atom is -0.459 e. The number of carbonyl (C=O) groups is 4. The maximum Gasteiger partial charge on any atom is 0.330 e. The Hall–Kier alpha value is -4.93. The van der Waals surface area contributed by atoms with E-state index in [1.165, 1.54) is 18.2 Å². The third-order valence-corrected chi connectivity index (χ3v) is 10.2. The summed E-state index contributed by atoms with van der Waals surface area (Å²) in [7, 11) is -3.13. The highest BCUT2D eigenvalue weighted by atomic mass is 35.5. The molecule has 2 heterocycles. The molecule has 0 saturated carbocycles. The van der Waals surface area contributed by atoms with Crippen molar-refractivity contribution in [2.75, 3.05) is 61.0 Å². The molecule has 1 saturated heterocycles. The van der Waals surface area contributed by atoms with Gasteiger partial charge in [0.1, 0.15) is 18.8 Å². The third-order valence-electron chi connectivity index (χ3n) is 8.02. The zero-order valence-corrected chi connectivity index (χ0v) is 30.0. The van der Waals surface area contributed by atoms with Gasteiger partial charge in [-0.2, -0.15) is 0 Å². The fourth-order valence-electron chi connectivity index (χ4n) is 5.20. The van der Waals surface area contributed by atoms with Gasteiger partial charge in [-0.3, -0.25) is 14.4 Å². The highest BCUT2D eigenvalue weighted by molar-refractivity contribution is 7.91. The van der Waals surface area contributed by atoms with Gasteiger partial charge in [0.15, 0.2) is 15.8 Å². The number of amides is 3. The molecule has 3 aromatic carbocycles. The fourth-order valence-corrected chi connectivity index (χ4v) is 7.05. The van der Waals surface area contributed by atoms with Crippen molar-refractivity contribution in [1.82, 2.24) is 21.3 Å². The SMILES string of the molecule is O=C(CNC(=O)c1cccc(NC2=NCC(F)CN2)c1)NC[C@H](NC(=O)c1c(Cl)cc(N2CCS(=O)(=O)CC2)cc1Cl)C(=O)OCc1ccccc1. The van der Waals surface area contributed by atoms with Gasteiger partial charge in [0, 0.05) is 36.6 Å². The van der Waals surface area contributed by atoms with Crippen molar-refractivity contribution >= 4 is 74.1 Å². The van der Waals surface area contributed by atoms with E-state index in [2.05, 4.69) is 31.6 Å². The van der Waals surface area contributed by atoms with Gasteiger partial charge in [-0.05, 0) is 35.9 Å². The van der Waals surface area contributed by atoms with Gasteiger partial charge in [-0.15, -0.1) is 0 Å². The van der Waals surface area contributed by atoms with Crippen molar-refractivity contribution in [3.05, 3.63) is 93.5 Å². The predicted octanol–water partition coefficient (Wildman–Crippen LogP) is 2.33. The molecule has 2 atom stereocenters. The Labute approximate surface area is 309 Å². The quantitative estimate of drug-likeness (QED) is 0.171. The van der Waals surface area contributed by atoms with Crippen molar-refractivity contribution in [2.24, 2.45) is 4.99 Å². The molecule has 52 heavy (non-hydrogen) atoms. The normalized spacial score (nSPS) is 17.1. The minimum atomic E-state index is -3.13. The topological polar surface area (TPSA) is 187 Å². The number of esters is 1. The summed E-state index contributed by atoms with van der Waals surface area (Å²) >= 11 is 13.0. The number of aliphatic imine (C=N–C) groups is 1. The van der Waals surface area contributed by atoms with Crippen molar-refractivity contribution in [2.45, 2.75) is 18.8 Å². The lowest BCUT2D eigenvalue weighted by molar-refractivity contribution is -0.147. The van der Waals surface area contributed by atoms with Crippen LogP contribution >= 0.6 is 23.2 Å². The Morgan fingerprint density at radius 1 is 0.962 bits per heavy atom. The highest BCUT2D eigenvalue weighted by Crippen LogP contribution is 2.32. The number of halogens is 3. The summed E-state index contributed by atoms with van der Waals surface area (Å²) in [5.74, 6) is -2.60. The number of carbonyl (C=O) groups excluding carboxylic acids is 4. The molecule has 0 radical (unpaired) electrons. The molecule has 14 nitrogen and oxygen atoms in total. The Balaban J connectivity index is 1.20. The number of hydrogen-bond acceptors (Lipinski definition) is 11. The lowest BCUT2D eigenvalue weighted by Crippen LogP contribution is -2.50. The van der Waals surface area contributed by atoms with Crippen LogP contribution in [0.4, 0.5) is 15.8 Å². The van der Waals surface area contributed by atoms with E-state index in [-0.39, 0.29) is 65.5 Å². The van der Waals surface area contributed by atoms with Gasteiger partial charge >= 0.3 is 5.97 Å². The average molecular weight is 777 g/mol. The number of nitrogens with zero attached hydrogens (tertiary/aromatic N) is 2. The predicted molar refractivity (Wildman–Crippen MR) is 195 cm³/mol. The van der Waals surface area contributed by atoms with Crippen LogP contribution in [-0.4, -0.2) is 101 Å². The van der Waals surface area contributed by atoms with E-state index in [1.807, 2.05) is 0 Å². The summed E-state index contributed by atoms with van der Waals surface area (Å²) in [5, 5.41) is 13.3. The van der Waals surface area contributed by atoms with Crippen molar-refractivity contribution in [3.63, 3.8) is 0 Å². The highest BCUT2D eigenvalue weighted by Gasteiger charge is 2.28. The van der Waals surface area contributed by atoms with Crippen LogP contribution in [0.2, 0.25) is 10.0 Å². The molecule has 0 aromatic heterocycles. The largest absolute Gasteiger partial charge is 0.459 e. The number of benzene rings is 3. The van der Waals surface area contributed by atoms with Crippen molar-refractivity contribution < 1.29 is 36.7 Å². The average Bonchev–Trinajstić information content (AvgIpc) is 3.12. The van der Waals surface area contributed by atoms with E-state index >= 15 is 0 Å². The first kappa shape index (κ1) is 38.3. The summed E-state index contributed by atoms with van der Waals surface area (Å²) in [4.78, 5) is 58.1. The van der Waals surface area contributed by atoms with Crippen molar-refractivity contribution in [3.8, 4) is 0 Å². The van der Waals surface area contributed by atoms with E-state index in [9.17, 15) is 32.0 Å². The van der Waals surface area contributed by atoms with Crippen LogP contribution in [-0.2, 0) is 30.8 Å². The molecule has 5 rings (SSSR count). The fraction of sp³-hybridized carbons (Fsp3) is 0.324. The molecule has 0 spiro atoms.